The summed E-state index contributed by atoms with van der Waals surface area (Å²) in [6.07, 6.45) is 0. The molecule has 1 unspecified atom stereocenters. The predicted octanol–water partition coefficient (Wildman–Crippen LogP) is 1.48. The zero-order valence-electron chi connectivity index (χ0n) is 9.44. The van der Waals surface area contributed by atoms with Gasteiger partial charge in [0.05, 0.1) is 12.6 Å². The van der Waals surface area contributed by atoms with Crippen molar-refractivity contribution in [2.75, 3.05) is 13.1 Å². The highest BCUT2D eigenvalue weighted by Gasteiger charge is 2.29. The Balaban J connectivity index is 2.08. The summed E-state index contributed by atoms with van der Waals surface area (Å²) in [6, 6.07) is 5.55. The second kappa shape index (κ2) is 4.53. The van der Waals surface area contributed by atoms with E-state index in [1.807, 2.05) is 0 Å². The summed E-state index contributed by atoms with van der Waals surface area (Å²) in [7, 11) is 0. The van der Waals surface area contributed by atoms with Crippen LogP contribution in [0.4, 0.5) is 9.18 Å². The molecule has 1 fully saturated rings. The first-order valence-corrected chi connectivity index (χ1v) is 5.36. The average Bonchev–Trinajstić information content (AvgIpc) is 2.60. The Morgan fingerprint density at radius 1 is 1.47 bits per heavy atom. The number of Topliss-reactive ketones (excluding diaryl/α,β-unsaturated/α-hetero) is 1. The molecule has 0 saturated carbocycles. The van der Waals surface area contributed by atoms with Gasteiger partial charge in [-0.15, -0.1) is 0 Å². The topological polar surface area (TPSA) is 49.4 Å². The molecule has 0 radical (unpaired) electrons. The van der Waals surface area contributed by atoms with Crippen molar-refractivity contribution in [1.29, 1.82) is 0 Å². The number of carbonyl (C=O) groups excluding carboxylic acids is 2. The van der Waals surface area contributed by atoms with Crippen LogP contribution in [-0.2, 0) is 4.79 Å². The lowest BCUT2D eigenvalue weighted by molar-refractivity contribution is -0.117. The molecule has 2 amide bonds. The number of hydrogen-bond acceptors (Lipinski definition) is 2. The lowest BCUT2D eigenvalue weighted by Crippen LogP contribution is -2.32. The number of hydrogen-bond donors (Lipinski definition) is 1. The van der Waals surface area contributed by atoms with E-state index in [0.29, 0.717) is 6.54 Å². The molecule has 90 valence electrons. The largest absolute Gasteiger partial charge is 0.329 e. The fourth-order valence-electron chi connectivity index (χ4n) is 1.88. The van der Waals surface area contributed by atoms with Crippen LogP contribution in [0.1, 0.15) is 18.5 Å². The molecule has 17 heavy (non-hydrogen) atoms. The molecule has 2 rings (SSSR count). The molecular weight excluding hydrogens is 223 g/mol. The quantitative estimate of drug-likeness (QED) is 0.864. The van der Waals surface area contributed by atoms with Crippen LogP contribution in [0.15, 0.2) is 24.3 Å². The Kier molecular flexibility index (Phi) is 3.08. The third kappa shape index (κ3) is 2.61. The summed E-state index contributed by atoms with van der Waals surface area (Å²) in [4.78, 5) is 24.0. The monoisotopic (exact) mass is 236 g/mol. The number of ketones is 1. The first kappa shape index (κ1) is 11.6. The minimum Gasteiger partial charge on any atom is -0.329 e. The van der Waals surface area contributed by atoms with Gasteiger partial charge in [-0.3, -0.25) is 4.79 Å². The summed E-state index contributed by atoms with van der Waals surface area (Å²) < 4.78 is 12.8. The van der Waals surface area contributed by atoms with Crippen LogP contribution in [0.3, 0.4) is 0 Å². The molecule has 1 heterocycles. The van der Waals surface area contributed by atoms with E-state index in [9.17, 15) is 14.0 Å². The number of rotatable bonds is 3. The minimum atomic E-state index is -0.307. The molecule has 0 aromatic heterocycles. The first-order valence-electron chi connectivity index (χ1n) is 5.36. The van der Waals surface area contributed by atoms with Gasteiger partial charge in [-0.05, 0) is 24.6 Å². The van der Waals surface area contributed by atoms with Gasteiger partial charge < -0.3 is 10.2 Å². The zero-order valence-corrected chi connectivity index (χ0v) is 9.44. The summed E-state index contributed by atoms with van der Waals surface area (Å²) >= 11 is 0. The van der Waals surface area contributed by atoms with E-state index in [1.54, 1.807) is 12.1 Å². The van der Waals surface area contributed by atoms with Gasteiger partial charge in [0.25, 0.3) is 0 Å². The molecule has 0 aliphatic carbocycles. The van der Waals surface area contributed by atoms with E-state index in [1.165, 1.54) is 24.0 Å². The normalized spacial score (nSPS) is 19.3. The molecule has 1 N–H and O–H groups in total. The number of nitrogens with one attached hydrogen (secondary N) is 1. The van der Waals surface area contributed by atoms with Crippen molar-refractivity contribution in [3.05, 3.63) is 35.6 Å². The van der Waals surface area contributed by atoms with Crippen LogP contribution in [0.5, 0.6) is 0 Å². The molecule has 0 spiro atoms. The number of benzene rings is 1. The molecule has 4 nitrogen and oxygen atoms in total. The molecular formula is C12H13FN2O2. The molecule has 1 aliphatic heterocycles. The van der Waals surface area contributed by atoms with E-state index in [4.69, 9.17) is 0 Å². The van der Waals surface area contributed by atoms with Crippen molar-refractivity contribution in [3.63, 3.8) is 0 Å². The van der Waals surface area contributed by atoms with Crippen molar-refractivity contribution in [2.24, 2.45) is 0 Å². The maximum Gasteiger partial charge on any atom is 0.318 e. The standard InChI is InChI=1S/C12H13FN2O2/c1-8(16)6-15-7-11(14-12(15)17)9-2-4-10(13)5-3-9/h2-5,11H,6-7H2,1H3,(H,14,17). The van der Waals surface area contributed by atoms with Crippen LogP contribution >= 0.6 is 0 Å². The molecule has 1 aliphatic rings. The second-order valence-corrected chi connectivity index (χ2v) is 4.14. The zero-order chi connectivity index (χ0) is 12.4. The second-order valence-electron chi connectivity index (χ2n) is 4.14. The third-order valence-corrected chi connectivity index (χ3v) is 2.67. The summed E-state index contributed by atoms with van der Waals surface area (Å²) in [5, 5.41) is 2.76. The van der Waals surface area contributed by atoms with Crippen molar-refractivity contribution >= 4 is 11.8 Å². The van der Waals surface area contributed by atoms with Gasteiger partial charge in [0, 0.05) is 6.54 Å². The van der Waals surface area contributed by atoms with Gasteiger partial charge in [0.15, 0.2) is 0 Å². The summed E-state index contributed by atoms with van der Waals surface area (Å²) in [5.41, 5.74) is 0.839. The number of nitrogens with zero attached hydrogens (tertiary/aromatic N) is 1. The van der Waals surface area contributed by atoms with Crippen molar-refractivity contribution in [3.8, 4) is 0 Å². The van der Waals surface area contributed by atoms with Crippen molar-refractivity contribution in [2.45, 2.75) is 13.0 Å². The van der Waals surface area contributed by atoms with E-state index < -0.39 is 0 Å². The van der Waals surface area contributed by atoms with E-state index >= 15 is 0 Å². The van der Waals surface area contributed by atoms with Crippen molar-refractivity contribution < 1.29 is 14.0 Å². The van der Waals surface area contributed by atoms with Gasteiger partial charge in [-0.2, -0.15) is 0 Å². The van der Waals surface area contributed by atoms with E-state index in [-0.39, 0.29) is 30.2 Å². The van der Waals surface area contributed by atoms with Gasteiger partial charge in [-0.25, -0.2) is 9.18 Å². The van der Waals surface area contributed by atoms with E-state index in [0.717, 1.165) is 5.56 Å². The molecule has 0 bridgehead atoms. The van der Waals surface area contributed by atoms with Gasteiger partial charge >= 0.3 is 6.03 Å². The fraction of sp³-hybridized carbons (Fsp3) is 0.333. The van der Waals surface area contributed by atoms with Crippen LogP contribution in [0.2, 0.25) is 0 Å². The van der Waals surface area contributed by atoms with Crippen molar-refractivity contribution in [1.82, 2.24) is 10.2 Å². The SMILES string of the molecule is CC(=O)CN1CC(c2ccc(F)cc2)NC1=O. The lowest BCUT2D eigenvalue weighted by atomic mass is 10.1. The number of halogens is 1. The van der Waals surface area contributed by atoms with Gasteiger partial charge in [0.2, 0.25) is 0 Å². The Morgan fingerprint density at radius 3 is 2.71 bits per heavy atom. The molecule has 5 heteroatoms. The van der Waals surface area contributed by atoms with Gasteiger partial charge in [0.1, 0.15) is 11.6 Å². The summed E-state index contributed by atoms with van der Waals surface area (Å²) in [6.45, 7) is 1.99. The summed E-state index contributed by atoms with van der Waals surface area (Å²) in [5.74, 6) is -0.362. The highest BCUT2D eigenvalue weighted by molar-refractivity contribution is 5.85. The van der Waals surface area contributed by atoms with Crippen LogP contribution in [-0.4, -0.2) is 29.8 Å². The van der Waals surface area contributed by atoms with Crippen LogP contribution in [0, 0.1) is 5.82 Å². The number of amides is 2. The number of urea groups is 1. The smallest absolute Gasteiger partial charge is 0.318 e. The Bertz CT molecular complexity index is 444. The average molecular weight is 236 g/mol. The number of carbonyl (C=O) groups is 2. The van der Waals surface area contributed by atoms with Crippen LogP contribution < -0.4 is 5.32 Å². The highest BCUT2D eigenvalue weighted by Crippen LogP contribution is 2.20. The Labute approximate surface area is 98.4 Å². The van der Waals surface area contributed by atoms with Gasteiger partial charge in [-0.1, -0.05) is 12.1 Å². The maximum absolute atomic E-state index is 12.8. The maximum atomic E-state index is 12.8. The fourth-order valence-corrected chi connectivity index (χ4v) is 1.88. The minimum absolute atomic E-state index is 0.0556. The molecule has 1 saturated heterocycles. The predicted molar refractivity (Wildman–Crippen MR) is 59.9 cm³/mol. The molecule has 1 aromatic carbocycles. The Morgan fingerprint density at radius 2 is 2.12 bits per heavy atom. The first-order chi connectivity index (χ1) is 8.06. The highest BCUT2D eigenvalue weighted by atomic mass is 19.1. The van der Waals surface area contributed by atoms with Crippen LogP contribution in [0.25, 0.3) is 0 Å². The lowest BCUT2D eigenvalue weighted by Gasteiger charge is -2.12. The molecule has 1 atom stereocenters. The molecule has 1 aromatic rings. The Hall–Kier alpha value is -1.91. The van der Waals surface area contributed by atoms with E-state index in [2.05, 4.69) is 5.32 Å². The third-order valence-electron chi connectivity index (χ3n) is 2.67.